The van der Waals surface area contributed by atoms with Gasteiger partial charge in [-0.05, 0) is 71.8 Å². The summed E-state index contributed by atoms with van der Waals surface area (Å²) in [5.41, 5.74) is 9.74. The number of hydrogen-bond acceptors (Lipinski definition) is 5. The zero-order valence-electron chi connectivity index (χ0n) is 17.0. The monoisotopic (exact) mass is 445 g/mol. The van der Waals surface area contributed by atoms with Crippen LogP contribution in [-0.2, 0) is 6.61 Å². The number of carbonyl (C=O) groups excluding carboxylic acids is 1. The van der Waals surface area contributed by atoms with Crippen LogP contribution in [0.25, 0.3) is 11.1 Å². The molecular formula is C25H20FN3O2S. The average molecular weight is 446 g/mol. The number of anilines is 2. The molecule has 0 aliphatic heterocycles. The number of aliphatic hydroxyl groups is 1. The number of carbonyl (C=O) groups is 1. The van der Waals surface area contributed by atoms with Crippen LogP contribution in [-0.4, -0.2) is 16.0 Å². The second kappa shape index (κ2) is 9.64. The van der Waals surface area contributed by atoms with Gasteiger partial charge < -0.3 is 16.2 Å². The molecule has 0 bridgehead atoms. The lowest BCUT2D eigenvalue weighted by atomic mass is 10.0. The number of nitrogen functional groups attached to an aromatic ring is 1. The summed E-state index contributed by atoms with van der Waals surface area (Å²) in [4.78, 5) is 18.8. The normalized spacial score (nSPS) is 10.7. The molecule has 7 heteroatoms. The Morgan fingerprint density at radius 2 is 1.62 bits per heavy atom. The van der Waals surface area contributed by atoms with Gasteiger partial charge >= 0.3 is 0 Å². The van der Waals surface area contributed by atoms with Crippen LogP contribution in [0.1, 0.15) is 16.1 Å². The molecule has 0 saturated carbocycles. The molecule has 0 unspecified atom stereocenters. The molecule has 1 amide bonds. The lowest BCUT2D eigenvalue weighted by molar-refractivity contribution is 0.102. The minimum Gasteiger partial charge on any atom is -0.397 e. The van der Waals surface area contributed by atoms with Crippen LogP contribution in [0.2, 0.25) is 0 Å². The number of pyridine rings is 1. The highest BCUT2D eigenvalue weighted by atomic mass is 32.2. The molecule has 0 saturated heterocycles. The largest absolute Gasteiger partial charge is 0.397 e. The molecule has 4 aromatic rings. The van der Waals surface area contributed by atoms with E-state index in [0.29, 0.717) is 22.6 Å². The van der Waals surface area contributed by atoms with Gasteiger partial charge in [-0.25, -0.2) is 4.39 Å². The van der Waals surface area contributed by atoms with E-state index in [0.717, 1.165) is 20.9 Å². The maximum absolute atomic E-state index is 13.2. The fourth-order valence-electron chi connectivity index (χ4n) is 3.06. The molecule has 3 aromatic carbocycles. The number of amides is 1. The standard InChI is InChI=1S/C25H20FN3O2S/c26-19-6-1-16(2-7-19)18-5-12-23(27)24(13-18)29-25(31)17-3-9-21(10-4-17)32-22-11-8-20(15-30)28-14-22/h1-14,30H,15,27H2,(H,29,31). The first kappa shape index (κ1) is 21.5. The number of nitrogens with one attached hydrogen (secondary N) is 1. The summed E-state index contributed by atoms with van der Waals surface area (Å²) >= 11 is 1.51. The summed E-state index contributed by atoms with van der Waals surface area (Å²) < 4.78 is 13.2. The average Bonchev–Trinajstić information content (AvgIpc) is 2.82. The Labute approximate surface area is 189 Å². The predicted octanol–water partition coefficient (Wildman–Crippen LogP) is 5.37. The van der Waals surface area contributed by atoms with Crippen molar-refractivity contribution in [2.45, 2.75) is 16.4 Å². The Morgan fingerprint density at radius 3 is 2.28 bits per heavy atom. The Bertz CT molecular complexity index is 1230. The third-order valence-electron chi connectivity index (χ3n) is 4.79. The molecule has 0 fully saturated rings. The SMILES string of the molecule is Nc1ccc(-c2ccc(F)cc2)cc1NC(=O)c1ccc(Sc2ccc(CO)nc2)cc1. The lowest BCUT2D eigenvalue weighted by Gasteiger charge is -2.11. The second-order valence-corrected chi connectivity index (χ2v) is 8.18. The molecule has 5 nitrogen and oxygen atoms in total. The summed E-state index contributed by atoms with van der Waals surface area (Å²) in [7, 11) is 0. The van der Waals surface area contributed by atoms with Gasteiger partial charge in [0.15, 0.2) is 0 Å². The molecule has 1 heterocycles. The third-order valence-corrected chi connectivity index (χ3v) is 5.78. The molecule has 0 aliphatic carbocycles. The van der Waals surface area contributed by atoms with Crippen molar-refractivity contribution in [3.8, 4) is 11.1 Å². The number of aliphatic hydroxyl groups excluding tert-OH is 1. The fraction of sp³-hybridized carbons (Fsp3) is 0.0400. The fourth-order valence-corrected chi connectivity index (χ4v) is 3.84. The minimum atomic E-state index is -0.308. The van der Waals surface area contributed by atoms with E-state index in [-0.39, 0.29) is 18.3 Å². The highest BCUT2D eigenvalue weighted by Gasteiger charge is 2.10. The first-order chi connectivity index (χ1) is 15.5. The van der Waals surface area contributed by atoms with E-state index < -0.39 is 0 Å². The van der Waals surface area contributed by atoms with Crippen molar-refractivity contribution in [1.29, 1.82) is 0 Å². The van der Waals surface area contributed by atoms with Crippen molar-refractivity contribution in [2.75, 3.05) is 11.1 Å². The lowest BCUT2D eigenvalue weighted by Crippen LogP contribution is -2.13. The van der Waals surface area contributed by atoms with E-state index >= 15 is 0 Å². The van der Waals surface area contributed by atoms with E-state index in [4.69, 9.17) is 10.8 Å². The van der Waals surface area contributed by atoms with Gasteiger partial charge in [0.2, 0.25) is 0 Å². The summed E-state index contributed by atoms with van der Waals surface area (Å²) in [6.07, 6.45) is 1.70. The van der Waals surface area contributed by atoms with Crippen molar-refractivity contribution in [2.24, 2.45) is 0 Å². The zero-order chi connectivity index (χ0) is 22.5. The van der Waals surface area contributed by atoms with Gasteiger partial charge in [-0.15, -0.1) is 0 Å². The molecule has 4 N–H and O–H groups in total. The predicted molar refractivity (Wildman–Crippen MR) is 125 cm³/mol. The third kappa shape index (κ3) is 5.14. The topological polar surface area (TPSA) is 88.2 Å². The molecular weight excluding hydrogens is 425 g/mol. The van der Waals surface area contributed by atoms with Crippen LogP contribution in [0.4, 0.5) is 15.8 Å². The summed E-state index contributed by atoms with van der Waals surface area (Å²) in [6, 6.07) is 22.3. The van der Waals surface area contributed by atoms with Gasteiger partial charge in [0, 0.05) is 21.6 Å². The van der Waals surface area contributed by atoms with Crippen molar-refractivity contribution in [3.05, 3.63) is 102 Å². The quantitative estimate of drug-likeness (QED) is 0.348. The van der Waals surface area contributed by atoms with E-state index in [9.17, 15) is 9.18 Å². The number of nitrogens with two attached hydrogens (primary N) is 1. The molecule has 1 aromatic heterocycles. The summed E-state index contributed by atoms with van der Waals surface area (Å²) in [6.45, 7) is -0.0912. The van der Waals surface area contributed by atoms with Crippen LogP contribution in [0.15, 0.2) is 94.9 Å². The smallest absolute Gasteiger partial charge is 0.255 e. The first-order valence-electron chi connectivity index (χ1n) is 9.82. The summed E-state index contributed by atoms with van der Waals surface area (Å²) in [5, 5.41) is 11.9. The van der Waals surface area contributed by atoms with Gasteiger partial charge in [0.05, 0.1) is 23.7 Å². The molecule has 0 radical (unpaired) electrons. The van der Waals surface area contributed by atoms with Gasteiger partial charge in [-0.1, -0.05) is 30.0 Å². The molecule has 4 rings (SSSR count). The number of benzene rings is 3. The van der Waals surface area contributed by atoms with Crippen LogP contribution >= 0.6 is 11.8 Å². The highest BCUT2D eigenvalue weighted by molar-refractivity contribution is 7.99. The summed E-state index contributed by atoms with van der Waals surface area (Å²) in [5.74, 6) is -0.587. The van der Waals surface area contributed by atoms with Gasteiger partial charge in [0.1, 0.15) is 5.82 Å². The Balaban J connectivity index is 1.46. The maximum atomic E-state index is 13.2. The number of halogens is 1. The molecule has 0 spiro atoms. The second-order valence-electron chi connectivity index (χ2n) is 7.03. The van der Waals surface area contributed by atoms with Crippen molar-refractivity contribution in [3.63, 3.8) is 0 Å². The highest BCUT2D eigenvalue weighted by Crippen LogP contribution is 2.29. The van der Waals surface area contributed by atoms with E-state index in [1.807, 2.05) is 24.3 Å². The molecule has 32 heavy (non-hydrogen) atoms. The number of nitrogens with zero attached hydrogens (tertiary/aromatic N) is 1. The Morgan fingerprint density at radius 1 is 0.938 bits per heavy atom. The van der Waals surface area contributed by atoms with Crippen LogP contribution in [0, 0.1) is 5.82 Å². The maximum Gasteiger partial charge on any atom is 0.255 e. The Kier molecular flexibility index (Phi) is 6.49. The van der Waals surface area contributed by atoms with Crippen LogP contribution < -0.4 is 11.1 Å². The minimum absolute atomic E-state index is 0.0912. The molecule has 0 atom stereocenters. The van der Waals surface area contributed by atoms with Gasteiger partial charge in [0.25, 0.3) is 5.91 Å². The molecule has 160 valence electrons. The van der Waals surface area contributed by atoms with E-state index in [2.05, 4.69) is 10.3 Å². The zero-order valence-corrected chi connectivity index (χ0v) is 17.8. The van der Waals surface area contributed by atoms with Gasteiger partial charge in [-0.3, -0.25) is 9.78 Å². The first-order valence-corrected chi connectivity index (χ1v) is 10.6. The van der Waals surface area contributed by atoms with Crippen molar-refractivity contribution in [1.82, 2.24) is 4.98 Å². The van der Waals surface area contributed by atoms with Crippen LogP contribution in [0.3, 0.4) is 0 Å². The molecule has 0 aliphatic rings. The number of hydrogen-bond donors (Lipinski definition) is 3. The van der Waals surface area contributed by atoms with Crippen molar-refractivity contribution < 1.29 is 14.3 Å². The van der Waals surface area contributed by atoms with Gasteiger partial charge in [-0.2, -0.15) is 0 Å². The number of rotatable bonds is 6. The van der Waals surface area contributed by atoms with E-state index in [1.165, 1.54) is 23.9 Å². The van der Waals surface area contributed by atoms with E-state index in [1.54, 1.807) is 48.7 Å². The van der Waals surface area contributed by atoms with Crippen molar-refractivity contribution >= 4 is 29.0 Å². The Hall–Kier alpha value is -3.68. The number of aromatic nitrogens is 1. The van der Waals surface area contributed by atoms with Crippen LogP contribution in [0.5, 0.6) is 0 Å².